The SMILES string of the molecule is Cn1cc(C(c2ccc(Cl)c(F)c2)n2ccc(-c3ccnc(S(C)(=O)=O)n3)cc2=O)cn1. The number of rotatable bonds is 5. The minimum absolute atomic E-state index is 0.0215. The predicted molar refractivity (Wildman–Crippen MR) is 117 cm³/mol. The first-order chi connectivity index (χ1) is 15.1. The maximum absolute atomic E-state index is 14.2. The Labute approximate surface area is 187 Å². The van der Waals surface area contributed by atoms with E-state index < -0.39 is 27.3 Å². The Morgan fingerprint density at radius 2 is 1.91 bits per heavy atom. The lowest BCUT2D eigenvalue weighted by Crippen LogP contribution is -2.25. The second-order valence-corrected chi connectivity index (χ2v) is 9.50. The van der Waals surface area contributed by atoms with Gasteiger partial charge in [-0.3, -0.25) is 9.48 Å². The first kappa shape index (κ1) is 21.8. The highest BCUT2D eigenvalue weighted by atomic mass is 35.5. The molecule has 0 amide bonds. The van der Waals surface area contributed by atoms with Crippen LogP contribution in [0.2, 0.25) is 5.02 Å². The van der Waals surface area contributed by atoms with E-state index in [1.165, 1.54) is 35.0 Å². The van der Waals surface area contributed by atoms with E-state index in [0.29, 0.717) is 22.4 Å². The fraction of sp³-hybridized carbons (Fsp3) is 0.143. The molecular weight excluding hydrogens is 457 g/mol. The molecule has 0 N–H and O–H groups in total. The summed E-state index contributed by atoms with van der Waals surface area (Å²) in [6, 6.07) is 8.18. The van der Waals surface area contributed by atoms with Crippen molar-refractivity contribution < 1.29 is 12.8 Å². The van der Waals surface area contributed by atoms with Gasteiger partial charge in [-0.2, -0.15) is 5.10 Å². The molecule has 0 aliphatic carbocycles. The molecule has 1 atom stereocenters. The van der Waals surface area contributed by atoms with Crippen molar-refractivity contribution in [3.8, 4) is 11.3 Å². The molecule has 0 saturated carbocycles. The highest BCUT2D eigenvalue weighted by molar-refractivity contribution is 7.90. The van der Waals surface area contributed by atoms with E-state index in [0.717, 1.165) is 6.26 Å². The van der Waals surface area contributed by atoms with Crippen LogP contribution in [0.3, 0.4) is 0 Å². The topological polar surface area (TPSA) is 99.7 Å². The maximum atomic E-state index is 14.2. The molecular formula is C21H17ClFN5O3S. The van der Waals surface area contributed by atoms with Crippen LogP contribution in [0.5, 0.6) is 0 Å². The molecule has 8 nitrogen and oxygen atoms in total. The van der Waals surface area contributed by atoms with Crippen LogP contribution in [0.25, 0.3) is 11.3 Å². The van der Waals surface area contributed by atoms with Gasteiger partial charge in [-0.05, 0) is 29.8 Å². The van der Waals surface area contributed by atoms with Gasteiger partial charge in [0, 0.05) is 49.1 Å². The van der Waals surface area contributed by atoms with Gasteiger partial charge in [0.2, 0.25) is 15.0 Å². The Kier molecular flexibility index (Phi) is 5.66. The molecule has 32 heavy (non-hydrogen) atoms. The molecule has 4 aromatic rings. The second kappa shape index (κ2) is 8.29. The number of hydrogen-bond donors (Lipinski definition) is 0. The molecule has 11 heteroatoms. The van der Waals surface area contributed by atoms with Crippen molar-refractivity contribution in [1.82, 2.24) is 24.3 Å². The van der Waals surface area contributed by atoms with Gasteiger partial charge in [0.15, 0.2) is 0 Å². The average molecular weight is 474 g/mol. The van der Waals surface area contributed by atoms with Crippen molar-refractivity contribution in [3.05, 3.63) is 93.5 Å². The number of aromatic nitrogens is 5. The molecule has 0 aliphatic rings. The summed E-state index contributed by atoms with van der Waals surface area (Å²) >= 11 is 5.83. The van der Waals surface area contributed by atoms with E-state index in [4.69, 9.17) is 11.6 Å². The van der Waals surface area contributed by atoms with Crippen LogP contribution < -0.4 is 5.56 Å². The fourth-order valence-electron chi connectivity index (χ4n) is 3.32. The van der Waals surface area contributed by atoms with Crippen molar-refractivity contribution >= 4 is 21.4 Å². The van der Waals surface area contributed by atoms with Crippen molar-refractivity contribution in [2.45, 2.75) is 11.2 Å². The number of halogens is 2. The summed E-state index contributed by atoms with van der Waals surface area (Å²) in [5.41, 5.74) is 1.50. The quantitative estimate of drug-likeness (QED) is 0.413. The van der Waals surface area contributed by atoms with Gasteiger partial charge in [-0.1, -0.05) is 17.7 Å². The Bertz CT molecular complexity index is 1480. The molecule has 0 spiro atoms. The molecule has 1 unspecified atom stereocenters. The first-order valence-electron chi connectivity index (χ1n) is 9.32. The van der Waals surface area contributed by atoms with Gasteiger partial charge in [0.1, 0.15) is 5.82 Å². The van der Waals surface area contributed by atoms with Crippen molar-refractivity contribution in [2.75, 3.05) is 6.26 Å². The molecule has 3 heterocycles. The van der Waals surface area contributed by atoms with Crippen molar-refractivity contribution in [2.24, 2.45) is 7.05 Å². The second-order valence-electron chi connectivity index (χ2n) is 7.18. The van der Waals surface area contributed by atoms with Gasteiger partial charge in [0.25, 0.3) is 5.56 Å². The molecule has 0 saturated heterocycles. The monoisotopic (exact) mass is 473 g/mol. The molecule has 0 fully saturated rings. The molecule has 3 aromatic heterocycles. The zero-order valence-electron chi connectivity index (χ0n) is 17.0. The minimum Gasteiger partial charge on any atom is -0.304 e. The summed E-state index contributed by atoms with van der Waals surface area (Å²) in [4.78, 5) is 20.9. The maximum Gasteiger partial charge on any atom is 0.252 e. The van der Waals surface area contributed by atoms with E-state index in [-0.39, 0.29) is 10.2 Å². The molecule has 164 valence electrons. The molecule has 0 aliphatic heterocycles. The Balaban J connectivity index is 1.83. The number of nitrogens with zero attached hydrogens (tertiary/aromatic N) is 5. The summed E-state index contributed by atoms with van der Waals surface area (Å²) in [5.74, 6) is -0.600. The van der Waals surface area contributed by atoms with Crippen molar-refractivity contribution in [1.29, 1.82) is 0 Å². The molecule has 0 radical (unpaired) electrons. The van der Waals surface area contributed by atoms with Crippen LogP contribution in [-0.4, -0.2) is 39.0 Å². The Morgan fingerprint density at radius 3 is 2.53 bits per heavy atom. The van der Waals surface area contributed by atoms with Crippen LogP contribution in [0, 0.1) is 5.82 Å². The van der Waals surface area contributed by atoms with Gasteiger partial charge in [-0.15, -0.1) is 0 Å². The Hall–Kier alpha value is -3.37. The summed E-state index contributed by atoms with van der Waals surface area (Å²) in [6.45, 7) is 0. The summed E-state index contributed by atoms with van der Waals surface area (Å²) < 4.78 is 40.7. The molecule has 1 aromatic carbocycles. The predicted octanol–water partition coefficient (Wildman–Crippen LogP) is 2.87. The van der Waals surface area contributed by atoms with Gasteiger partial charge < -0.3 is 4.57 Å². The Morgan fingerprint density at radius 1 is 1.12 bits per heavy atom. The lowest BCUT2D eigenvalue weighted by atomic mass is 10.0. The van der Waals surface area contributed by atoms with Gasteiger partial charge in [0.05, 0.1) is 23.0 Å². The van der Waals surface area contributed by atoms with Crippen LogP contribution in [0.4, 0.5) is 4.39 Å². The normalized spacial score (nSPS) is 12.6. The van der Waals surface area contributed by atoms with Gasteiger partial charge in [-0.25, -0.2) is 22.8 Å². The van der Waals surface area contributed by atoms with E-state index in [2.05, 4.69) is 15.1 Å². The van der Waals surface area contributed by atoms with E-state index in [1.54, 1.807) is 42.5 Å². The standard InChI is InChI=1S/C21H17ClFN5O3S/c1-27-12-15(11-25-27)20(14-3-4-16(22)17(23)9-14)28-8-6-13(10-19(28)29)18-5-7-24-21(26-18)32(2,30)31/h3-12,20H,1-2H3. The zero-order valence-corrected chi connectivity index (χ0v) is 18.5. The fourth-order valence-corrected chi connectivity index (χ4v) is 3.95. The lowest BCUT2D eigenvalue weighted by molar-refractivity contribution is 0.593. The van der Waals surface area contributed by atoms with E-state index in [9.17, 15) is 17.6 Å². The third kappa shape index (κ3) is 4.32. The number of pyridine rings is 1. The highest BCUT2D eigenvalue weighted by Gasteiger charge is 2.21. The van der Waals surface area contributed by atoms with Crippen LogP contribution in [0.15, 0.2) is 71.1 Å². The van der Waals surface area contributed by atoms with Crippen LogP contribution >= 0.6 is 11.6 Å². The summed E-state index contributed by atoms with van der Waals surface area (Å²) in [7, 11) is -1.86. The molecule has 0 bridgehead atoms. The third-order valence-corrected chi connectivity index (χ3v) is 5.95. The lowest BCUT2D eigenvalue weighted by Gasteiger charge is -2.20. The number of sulfone groups is 1. The summed E-state index contributed by atoms with van der Waals surface area (Å²) in [6.07, 6.45) is 7.21. The largest absolute Gasteiger partial charge is 0.304 e. The number of hydrogen-bond acceptors (Lipinski definition) is 6. The van der Waals surface area contributed by atoms with E-state index in [1.807, 2.05) is 0 Å². The average Bonchev–Trinajstić information content (AvgIpc) is 3.17. The van der Waals surface area contributed by atoms with E-state index >= 15 is 0 Å². The van der Waals surface area contributed by atoms with Crippen LogP contribution in [-0.2, 0) is 16.9 Å². The first-order valence-corrected chi connectivity index (χ1v) is 11.6. The zero-order chi connectivity index (χ0) is 23.0. The summed E-state index contributed by atoms with van der Waals surface area (Å²) in [5, 5.41) is 3.81. The molecule has 4 rings (SSSR count). The highest BCUT2D eigenvalue weighted by Crippen LogP contribution is 2.28. The number of benzene rings is 1. The smallest absolute Gasteiger partial charge is 0.252 e. The van der Waals surface area contributed by atoms with Crippen LogP contribution in [0.1, 0.15) is 17.2 Å². The van der Waals surface area contributed by atoms with Crippen molar-refractivity contribution in [3.63, 3.8) is 0 Å². The van der Waals surface area contributed by atoms with Gasteiger partial charge >= 0.3 is 0 Å². The minimum atomic E-state index is -3.60. The third-order valence-electron chi connectivity index (χ3n) is 4.79. The number of aryl methyl sites for hydroxylation is 1.